The van der Waals surface area contributed by atoms with Crippen LogP contribution in [0.15, 0.2) is 53.9 Å². The van der Waals surface area contributed by atoms with Crippen LogP contribution in [0.5, 0.6) is 11.5 Å². The standard InChI is InChI=1S/C21H18F4N4O3S/c1-3-28(12-14-6-8-26-9-7-14)18(30)27-19-29(11-13(2)33-19)15-4-5-16-17(10-15)32-21(24,25)20(22,23)31-16/h4-11H,3,12H2,1-2H3/b27-19-. The number of nitrogens with zero attached hydrogens (tertiary/aromatic N) is 4. The van der Waals surface area contributed by atoms with Crippen LogP contribution in [0.25, 0.3) is 5.69 Å². The number of pyridine rings is 1. The van der Waals surface area contributed by atoms with E-state index in [1.165, 1.54) is 26.9 Å². The van der Waals surface area contributed by atoms with Gasteiger partial charge in [0.1, 0.15) is 0 Å². The topological polar surface area (TPSA) is 69.0 Å². The van der Waals surface area contributed by atoms with Crippen LogP contribution in [0, 0.1) is 6.92 Å². The highest BCUT2D eigenvalue weighted by atomic mass is 32.1. The Hall–Kier alpha value is -3.41. The lowest BCUT2D eigenvalue weighted by Crippen LogP contribution is -2.52. The first kappa shape index (κ1) is 22.8. The number of hydrogen-bond acceptors (Lipinski definition) is 5. The third-order valence-corrected chi connectivity index (χ3v) is 5.65. The first-order valence-corrected chi connectivity index (χ1v) is 10.6. The summed E-state index contributed by atoms with van der Waals surface area (Å²) >= 11 is 1.21. The molecule has 0 atom stereocenters. The predicted molar refractivity (Wildman–Crippen MR) is 111 cm³/mol. The number of hydrogen-bond donors (Lipinski definition) is 0. The number of amides is 2. The molecule has 0 saturated heterocycles. The third-order valence-electron chi connectivity index (χ3n) is 4.76. The second-order valence-corrected chi connectivity index (χ2v) is 8.34. The van der Waals surface area contributed by atoms with E-state index in [-0.39, 0.29) is 10.5 Å². The van der Waals surface area contributed by atoms with Crippen molar-refractivity contribution in [2.75, 3.05) is 6.54 Å². The van der Waals surface area contributed by atoms with Crippen molar-refractivity contribution in [1.82, 2.24) is 14.5 Å². The number of ether oxygens (including phenoxy) is 2. The number of thiazole rings is 1. The molecule has 0 saturated carbocycles. The Morgan fingerprint density at radius 1 is 1.12 bits per heavy atom. The molecule has 2 amide bonds. The van der Waals surface area contributed by atoms with Crippen molar-refractivity contribution in [3.8, 4) is 17.2 Å². The minimum atomic E-state index is -4.83. The molecule has 1 aliphatic heterocycles. The summed E-state index contributed by atoms with van der Waals surface area (Å²) in [5.41, 5.74) is 1.17. The van der Waals surface area contributed by atoms with Gasteiger partial charge >= 0.3 is 18.2 Å². The van der Waals surface area contributed by atoms with Crippen LogP contribution in [0.4, 0.5) is 22.4 Å². The van der Waals surface area contributed by atoms with Gasteiger partial charge in [-0.15, -0.1) is 11.3 Å². The van der Waals surface area contributed by atoms with Crippen molar-refractivity contribution in [2.45, 2.75) is 32.6 Å². The van der Waals surface area contributed by atoms with Gasteiger partial charge in [-0.05, 0) is 43.7 Å². The zero-order valence-electron chi connectivity index (χ0n) is 17.5. The van der Waals surface area contributed by atoms with E-state index in [0.717, 1.165) is 22.6 Å². The monoisotopic (exact) mass is 482 g/mol. The lowest BCUT2D eigenvalue weighted by atomic mass is 10.2. The van der Waals surface area contributed by atoms with Crippen LogP contribution < -0.4 is 14.3 Å². The van der Waals surface area contributed by atoms with Crippen molar-refractivity contribution in [3.63, 3.8) is 0 Å². The van der Waals surface area contributed by atoms with Crippen molar-refractivity contribution >= 4 is 17.4 Å². The van der Waals surface area contributed by atoms with Gasteiger partial charge in [-0.1, -0.05) is 0 Å². The maximum absolute atomic E-state index is 13.6. The number of carbonyl (C=O) groups is 1. The average Bonchev–Trinajstić information content (AvgIpc) is 3.12. The molecule has 0 radical (unpaired) electrons. The van der Waals surface area contributed by atoms with Crippen molar-refractivity contribution in [1.29, 1.82) is 0 Å². The number of carbonyl (C=O) groups excluding carboxylic acids is 1. The van der Waals surface area contributed by atoms with E-state index in [1.54, 1.807) is 37.6 Å². The predicted octanol–water partition coefficient (Wildman–Crippen LogP) is 4.74. The van der Waals surface area contributed by atoms with Gasteiger partial charge in [-0.25, -0.2) is 4.79 Å². The van der Waals surface area contributed by atoms with Gasteiger partial charge in [-0.2, -0.15) is 22.6 Å². The Morgan fingerprint density at radius 2 is 1.79 bits per heavy atom. The number of benzene rings is 1. The van der Waals surface area contributed by atoms with Crippen LogP contribution in [-0.2, 0) is 6.54 Å². The molecule has 0 spiro atoms. The summed E-state index contributed by atoms with van der Waals surface area (Å²) in [5.74, 6) is -1.07. The smallest absolute Gasteiger partial charge is 0.421 e. The fraction of sp³-hybridized carbons (Fsp3) is 0.286. The van der Waals surface area contributed by atoms with Crippen LogP contribution in [-0.4, -0.2) is 39.2 Å². The molecule has 7 nitrogen and oxygen atoms in total. The number of urea groups is 1. The number of alkyl halides is 4. The van der Waals surface area contributed by atoms with E-state index < -0.39 is 29.7 Å². The molecule has 3 heterocycles. The normalized spacial score (nSPS) is 16.5. The Labute approximate surface area is 189 Å². The van der Waals surface area contributed by atoms with E-state index in [4.69, 9.17) is 0 Å². The second-order valence-electron chi connectivity index (χ2n) is 7.13. The summed E-state index contributed by atoms with van der Waals surface area (Å²) < 4.78 is 63.8. The van der Waals surface area contributed by atoms with Crippen LogP contribution in [0.3, 0.4) is 0 Å². The molecule has 1 aromatic carbocycles. The molecule has 174 valence electrons. The van der Waals surface area contributed by atoms with Gasteiger partial charge in [0.05, 0.1) is 5.69 Å². The lowest BCUT2D eigenvalue weighted by Gasteiger charge is -2.31. The maximum Gasteiger partial charge on any atom is 0.507 e. The first-order chi connectivity index (χ1) is 15.6. The lowest BCUT2D eigenvalue weighted by molar-refractivity contribution is -0.391. The molecule has 1 aliphatic rings. The molecular weight excluding hydrogens is 464 g/mol. The Bertz CT molecular complexity index is 1240. The van der Waals surface area contributed by atoms with Gasteiger partial charge in [-0.3, -0.25) is 9.55 Å². The molecule has 0 fully saturated rings. The van der Waals surface area contributed by atoms with Crippen LogP contribution in [0.1, 0.15) is 17.4 Å². The summed E-state index contributed by atoms with van der Waals surface area (Å²) in [6.45, 7) is 4.34. The van der Waals surface area contributed by atoms with Crippen molar-refractivity contribution in [3.05, 3.63) is 64.2 Å². The molecule has 0 N–H and O–H groups in total. The minimum Gasteiger partial charge on any atom is -0.421 e. The number of rotatable bonds is 4. The molecule has 12 heteroatoms. The third kappa shape index (κ3) is 4.56. The number of aryl methyl sites for hydroxylation is 1. The minimum absolute atomic E-state index is 0.277. The average molecular weight is 482 g/mol. The summed E-state index contributed by atoms with van der Waals surface area (Å²) in [7, 11) is 0. The van der Waals surface area contributed by atoms with Crippen LogP contribution in [0.2, 0.25) is 0 Å². The Morgan fingerprint density at radius 3 is 2.45 bits per heavy atom. The highest BCUT2D eigenvalue weighted by Crippen LogP contribution is 2.47. The number of halogens is 4. The van der Waals surface area contributed by atoms with Gasteiger partial charge in [0, 0.05) is 42.6 Å². The van der Waals surface area contributed by atoms with Crippen LogP contribution >= 0.6 is 11.3 Å². The number of aromatic nitrogens is 2. The zero-order chi connectivity index (χ0) is 23.8. The van der Waals surface area contributed by atoms with E-state index in [2.05, 4.69) is 19.5 Å². The highest BCUT2D eigenvalue weighted by Gasteiger charge is 2.65. The van der Waals surface area contributed by atoms with E-state index in [9.17, 15) is 22.4 Å². The first-order valence-electron chi connectivity index (χ1n) is 9.79. The Balaban J connectivity index is 1.67. The number of fused-ring (bicyclic) bond motifs is 1. The molecule has 2 aromatic heterocycles. The van der Waals surface area contributed by atoms with Crippen molar-refractivity contribution < 1.29 is 31.8 Å². The quantitative estimate of drug-likeness (QED) is 0.504. The fourth-order valence-corrected chi connectivity index (χ4v) is 3.93. The Kier molecular flexibility index (Phi) is 5.87. The summed E-state index contributed by atoms with van der Waals surface area (Å²) in [6, 6.07) is 6.70. The van der Waals surface area contributed by atoms with E-state index >= 15 is 0 Å². The molecule has 3 aromatic rings. The van der Waals surface area contributed by atoms with Gasteiger partial charge in [0.15, 0.2) is 16.3 Å². The summed E-state index contributed by atoms with van der Waals surface area (Å²) in [5, 5.41) is 0. The maximum atomic E-state index is 13.6. The van der Waals surface area contributed by atoms with Crippen molar-refractivity contribution in [2.24, 2.45) is 4.99 Å². The largest absolute Gasteiger partial charge is 0.507 e. The highest BCUT2D eigenvalue weighted by molar-refractivity contribution is 7.09. The van der Waals surface area contributed by atoms with E-state index in [1.807, 2.05) is 6.92 Å². The molecule has 4 rings (SSSR count). The molecule has 0 aliphatic carbocycles. The van der Waals surface area contributed by atoms with Gasteiger partial charge < -0.3 is 14.4 Å². The second kappa shape index (κ2) is 8.50. The SMILES string of the molecule is CCN(Cc1ccncc1)C(=O)/N=c1\sc(C)cn1-c1ccc2c(c1)OC(F)(F)C(F)(F)O2. The molecule has 33 heavy (non-hydrogen) atoms. The molecular formula is C21H18F4N4O3S. The van der Waals surface area contributed by atoms with Gasteiger partial charge in [0.25, 0.3) is 0 Å². The van der Waals surface area contributed by atoms with Gasteiger partial charge in [0.2, 0.25) is 0 Å². The summed E-state index contributed by atoms with van der Waals surface area (Å²) in [6.07, 6.45) is -4.72. The fourth-order valence-electron chi connectivity index (χ4n) is 3.10. The molecule has 0 unspecified atom stereocenters. The molecule has 0 bridgehead atoms. The van der Waals surface area contributed by atoms with E-state index in [0.29, 0.717) is 13.1 Å². The zero-order valence-corrected chi connectivity index (χ0v) is 18.3. The summed E-state index contributed by atoms with van der Waals surface area (Å²) in [4.78, 5) is 23.6.